The predicted molar refractivity (Wildman–Crippen MR) is 83.9 cm³/mol. The molecule has 2 heterocycles. The van der Waals surface area contributed by atoms with E-state index in [1.165, 1.54) is 6.26 Å². The summed E-state index contributed by atoms with van der Waals surface area (Å²) < 4.78 is 22.5. The highest BCUT2D eigenvalue weighted by Crippen LogP contribution is 2.30. The third kappa shape index (κ3) is 4.42. The Morgan fingerprint density at radius 2 is 1.81 bits per heavy atom. The number of likely N-dealkylation sites (tertiary alicyclic amines) is 2. The molecule has 0 aromatic carbocycles. The van der Waals surface area contributed by atoms with Crippen molar-refractivity contribution in [1.29, 1.82) is 0 Å². The van der Waals surface area contributed by atoms with Gasteiger partial charge in [-0.2, -0.15) is 0 Å². The van der Waals surface area contributed by atoms with Gasteiger partial charge in [-0.15, -0.1) is 0 Å². The summed E-state index contributed by atoms with van der Waals surface area (Å²) in [5.41, 5.74) is 0. The molecular weight excluding hydrogens is 288 g/mol. The van der Waals surface area contributed by atoms with Crippen LogP contribution in [0.1, 0.15) is 45.4 Å². The lowest BCUT2D eigenvalue weighted by atomic mass is 10.0. The first kappa shape index (κ1) is 16.7. The molecule has 0 aliphatic carbocycles. The van der Waals surface area contributed by atoms with E-state index in [-0.39, 0.29) is 11.7 Å². The normalized spacial score (nSPS) is 27.4. The molecule has 1 amide bonds. The second-order valence-electron chi connectivity index (χ2n) is 6.38. The van der Waals surface area contributed by atoms with E-state index in [2.05, 4.69) is 9.80 Å². The molecule has 122 valence electrons. The van der Waals surface area contributed by atoms with Gasteiger partial charge >= 0.3 is 0 Å². The summed E-state index contributed by atoms with van der Waals surface area (Å²) in [4.78, 5) is 16.5. The van der Waals surface area contributed by atoms with E-state index in [0.29, 0.717) is 24.9 Å². The lowest BCUT2D eigenvalue weighted by molar-refractivity contribution is -0.132. The first-order chi connectivity index (χ1) is 9.92. The van der Waals surface area contributed by atoms with Crippen molar-refractivity contribution in [1.82, 2.24) is 9.80 Å². The molecule has 2 rings (SSSR count). The monoisotopic (exact) mass is 316 g/mol. The number of rotatable bonds is 6. The van der Waals surface area contributed by atoms with Crippen molar-refractivity contribution in [2.75, 3.05) is 31.6 Å². The van der Waals surface area contributed by atoms with Crippen molar-refractivity contribution >= 4 is 15.7 Å². The average molecular weight is 316 g/mol. The largest absolute Gasteiger partial charge is 0.338 e. The van der Waals surface area contributed by atoms with E-state index in [1.54, 1.807) is 0 Å². The molecule has 0 bridgehead atoms. The Balaban J connectivity index is 1.93. The van der Waals surface area contributed by atoms with Crippen molar-refractivity contribution in [3.8, 4) is 0 Å². The molecule has 2 unspecified atom stereocenters. The highest BCUT2D eigenvalue weighted by molar-refractivity contribution is 7.90. The second-order valence-corrected chi connectivity index (χ2v) is 8.64. The van der Waals surface area contributed by atoms with Crippen LogP contribution in [0.25, 0.3) is 0 Å². The highest BCUT2D eigenvalue weighted by Gasteiger charge is 2.38. The zero-order valence-corrected chi connectivity index (χ0v) is 14.1. The number of sulfone groups is 1. The molecule has 0 spiro atoms. The minimum atomic E-state index is -2.87. The summed E-state index contributed by atoms with van der Waals surface area (Å²) >= 11 is 0. The smallest absolute Gasteiger partial charge is 0.222 e. The lowest BCUT2D eigenvalue weighted by Gasteiger charge is -2.35. The Kier molecular flexibility index (Phi) is 5.66. The molecule has 0 aromatic heterocycles. The van der Waals surface area contributed by atoms with Crippen molar-refractivity contribution in [3.05, 3.63) is 0 Å². The molecule has 2 fully saturated rings. The van der Waals surface area contributed by atoms with Crippen LogP contribution < -0.4 is 0 Å². The fraction of sp³-hybridized carbons (Fsp3) is 0.933. The van der Waals surface area contributed by atoms with Gasteiger partial charge in [0.05, 0.1) is 5.75 Å². The molecule has 0 N–H and O–H groups in total. The van der Waals surface area contributed by atoms with Crippen LogP contribution in [0.15, 0.2) is 0 Å². The summed E-state index contributed by atoms with van der Waals surface area (Å²) in [6.07, 6.45) is 7.07. The maximum Gasteiger partial charge on any atom is 0.222 e. The fourth-order valence-corrected chi connectivity index (χ4v) is 4.45. The standard InChI is InChI=1S/C15H28N2O3S/c1-3-15(18)17-11-5-8-14(17)13-7-4-9-16(13)10-6-12-21(2,19)20/h13-14H,3-12H2,1-2H3. The van der Waals surface area contributed by atoms with E-state index in [0.717, 1.165) is 45.3 Å². The van der Waals surface area contributed by atoms with Crippen LogP contribution in [-0.4, -0.2) is 67.9 Å². The zero-order valence-electron chi connectivity index (χ0n) is 13.3. The lowest BCUT2D eigenvalue weighted by Crippen LogP contribution is -2.48. The topological polar surface area (TPSA) is 57.7 Å². The van der Waals surface area contributed by atoms with Gasteiger partial charge in [0.2, 0.25) is 5.91 Å². The molecule has 21 heavy (non-hydrogen) atoms. The molecule has 2 aliphatic rings. The Morgan fingerprint density at radius 1 is 1.14 bits per heavy atom. The molecule has 0 aromatic rings. The van der Waals surface area contributed by atoms with Gasteiger partial charge in [-0.1, -0.05) is 6.92 Å². The Hall–Kier alpha value is -0.620. The van der Waals surface area contributed by atoms with Gasteiger partial charge in [0.15, 0.2) is 0 Å². The van der Waals surface area contributed by atoms with Crippen LogP contribution in [0.3, 0.4) is 0 Å². The fourth-order valence-electron chi connectivity index (χ4n) is 3.80. The van der Waals surface area contributed by atoms with Crippen molar-refractivity contribution in [2.24, 2.45) is 0 Å². The summed E-state index contributed by atoms with van der Waals surface area (Å²) in [6, 6.07) is 0.778. The quantitative estimate of drug-likeness (QED) is 0.741. The van der Waals surface area contributed by atoms with Crippen molar-refractivity contribution in [2.45, 2.75) is 57.5 Å². The molecule has 6 heteroatoms. The molecular formula is C15H28N2O3S. The van der Waals surface area contributed by atoms with Crippen LogP contribution in [0, 0.1) is 0 Å². The van der Waals surface area contributed by atoms with Crippen LogP contribution >= 0.6 is 0 Å². The molecule has 0 radical (unpaired) electrons. The first-order valence-electron chi connectivity index (χ1n) is 8.13. The molecule has 2 aliphatic heterocycles. The Bertz CT molecular complexity index is 464. The Labute approximate surface area is 128 Å². The van der Waals surface area contributed by atoms with Crippen LogP contribution in [0.4, 0.5) is 0 Å². The summed E-state index contributed by atoms with van der Waals surface area (Å²) in [7, 11) is -2.87. The Morgan fingerprint density at radius 3 is 2.48 bits per heavy atom. The third-order valence-electron chi connectivity index (χ3n) is 4.74. The summed E-state index contributed by atoms with van der Waals surface area (Å²) in [6.45, 7) is 4.70. The van der Waals surface area contributed by atoms with Gasteiger partial charge in [-0.05, 0) is 45.2 Å². The molecule has 5 nitrogen and oxygen atoms in total. The van der Waals surface area contributed by atoms with E-state index in [4.69, 9.17) is 0 Å². The maximum absolute atomic E-state index is 12.1. The van der Waals surface area contributed by atoms with E-state index >= 15 is 0 Å². The SMILES string of the molecule is CCC(=O)N1CCCC1C1CCCN1CCCS(C)(=O)=O. The minimum absolute atomic E-state index is 0.262. The summed E-state index contributed by atoms with van der Waals surface area (Å²) in [5, 5.41) is 0. The van der Waals surface area contributed by atoms with Gasteiger partial charge in [0.25, 0.3) is 0 Å². The van der Waals surface area contributed by atoms with Crippen molar-refractivity contribution in [3.63, 3.8) is 0 Å². The maximum atomic E-state index is 12.1. The van der Waals surface area contributed by atoms with Crippen LogP contribution in [0.2, 0.25) is 0 Å². The van der Waals surface area contributed by atoms with E-state index in [9.17, 15) is 13.2 Å². The van der Waals surface area contributed by atoms with Gasteiger partial charge in [0, 0.05) is 31.3 Å². The first-order valence-corrected chi connectivity index (χ1v) is 10.2. The second kappa shape index (κ2) is 7.09. The molecule has 2 atom stereocenters. The van der Waals surface area contributed by atoms with Crippen molar-refractivity contribution < 1.29 is 13.2 Å². The third-order valence-corrected chi connectivity index (χ3v) is 5.77. The van der Waals surface area contributed by atoms with Gasteiger partial charge in [-0.25, -0.2) is 8.42 Å². The van der Waals surface area contributed by atoms with Gasteiger partial charge < -0.3 is 4.90 Å². The molecule has 2 saturated heterocycles. The average Bonchev–Trinajstić information content (AvgIpc) is 3.03. The number of carbonyl (C=O) groups excluding carboxylic acids is 1. The van der Waals surface area contributed by atoms with Gasteiger partial charge in [0.1, 0.15) is 9.84 Å². The number of hydrogen-bond acceptors (Lipinski definition) is 4. The van der Waals surface area contributed by atoms with Crippen LogP contribution in [-0.2, 0) is 14.6 Å². The van der Waals surface area contributed by atoms with E-state index < -0.39 is 9.84 Å². The van der Waals surface area contributed by atoms with Gasteiger partial charge in [-0.3, -0.25) is 9.69 Å². The number of amides is 1. The van der Waals surface area contributed by atoms with Crippen LogP contribution in [0.5, 0.6) is 0 Å². The zero-order chi connectivity index (χ0) is 15.5. The highest BCUT2D eigenvalue weighted by atomic mass is 32.2. The minimum Gasteiger partial charge on any atom is -0.338 e. The predicted octanol–water partition coefficient (Wildman–Crippen LogP) is 1.29. The molecule has 0 saturated carbocycles. The number of nitrogens with zero attached hydrogens (tertiary/aromatic N) is 2. The van der Waals surface area contributed by atoms with E-state index in [1.807, 2.05) is 6.92 Å². The number of carbonyl (C=O) groups is 1. The summed E-state index contributed by atoms with van der Waals surface area (Å²) in [5.74, 6) is 0.527. The number of hydrogen-bond donors (Lipinski definition) is 0.